The van der Waals surface area contributed by atoms with Crippen molar-refractivity contribution in [3.8, 4) is 0 Å². The van der Waals surface area contributed by atoms with Gasteiger partial charge < -0.3 is 30.6 Å². The monoisotopic (exact) mass is 602 g/mol. The average Bonchev–Trinajstić information content (AvgIpc) is 3.75. The number of hydrogen-bond acceptors (Lipinski definition) is 11. The van der Waals surface area contributed by atoms with Crippen molar-refractivity contribution in [3.05, 3.63) is 16.9 Å². The minimum Gasteiger partial charge on any atom is -0.477 e. The van der Waals surface area contributed by atoms with Crippen LogP contribution in [0.25, 0.3) is 0 Å². The average molecular weight is 603 g/mol. The molecule has 15 heteroatoms. The molecule has 0 aliphatic carbocycles. The van der Waals surface area contributed by atoms with Crippen LogP contribution in [-0.4, -0.2) is 120 Å². The fourth-order valence-corrected chi connectivity index (χ4v) is 9.26. The topological polar surface area (TPSA) is 183 Å². The van der Waals surface area contributed by atoms with Gasteiger partial charge in [0.2, 0.25) is 11.8 Å². The lowest BCUT2D eigenvalue weighted by molar-refractivity contribution is -0.160. The van der Waals surface area contributed by atoms with Crippen molar-refractivity contribution < 1.29 is 29.4 Å². The maximum atomic E-state index is 13.5. The van der Waals surface area contributed by atoms with Crippen LogP contribution in [-0.2, 0) is 25.7 Å². The normalized spacial score (nSPS) is 34.8. The minimum absolute atomic E-state index is 0.0203. The van der Waals surface area contributed by atoms with Gasteiger partial charge in [-0.25, -0.2) is 9.48 Å². The SMILES string of the molecule is C[C@@H](CC(=O)Cn1cnnn1)[C@H]1C(=O)N2C(C(=O)O)=C(S[C@@H]3CN[C@H](C(=O)N4CC5CCNCC5(CO)C4)C3)[C@H](C)[C@H]12. The van der Waals surface area contributed by atoms with Crippen molar-refractivity contribution in [2.45, 2.75) is 57.0 Å². The van der Waals surface area contributed by atoms with Crippen LogP contribution in [0.3, 0.4) is 0 Å². The Labute approximate surface area is 247 Å². The van der Waals surface area contributed by atoms with Crippen molar-refractivity contribution in [2.75, 3.05) is 39.3 Å². The van der Waals surface area contributed by atoms with Crippen LogP contribution in [0.15, 0.2) is 16.9 Å². The molecule has 5 aliphatic heterocycles. The Bertz CT molecular complexity index is 1290. The molecule has 8 atom stereocenters. The number of aromatic nitrogens is 4. The molecular weight excluding hydrogens is 564 g/mol. The highest BCUT2D eigenvalue weighted by Crippen LogP contribution is 2.53. The summed E-state index contributed by atoms with van der Waals surface area (Å²) in [5, 5.41) is 37.7. The van der Waals surface area contributed by atoms with Gasteiger partial charge in [0.05, 0.1) is 24.6 Å². The Hall–Kier alpha value is -2.88. The highest BCUT2D eigenvalue weighted by Gasteiger charge is 2.60. The number of amides is 2. The molecule has 6 heterocycles. The molecule has 0 spiro atoms. The Morgan fingerprint density at radius 3 is 2.81 bits per heavy atom. The van der Waals surface area contributed by atoms with E-state index in [1.165, 1.54) is 27.7 Å². The fraction of sp³-hybridized carbons (Fsp3) is 0.741. The third-order valence-electron chi connectivity index (χ3n) is 9.95. The predicted molar refractivity (Wildman–Crippen MR) is 149 cm³/mol. The summed E-state index contributed by atoms with van der Waals surface area (Å²) in [6, 6.07) is -0.681. The molecule has 2 amide bonds. The fourth-order valence-electron chi connectivity index (χ4n) is 7.78. The molecule has 1 aromatic rings. The van der Waals surface area contributed by atoms with Gasteiger partial charge in [-0.15, -0.1) is 16.9 Å². The lowest BCUT2D eigenvalue weighted by Gasteiger charge is -2.47. The minimum atomic E-state index is -1.14. The second kappa shape index (κ2) is 11.3. The van der Waals surface area contributed by atoms with Gasteiger partial charge >= 0.3 is 5.97 Å². The number of thioether (sulfide) groups is 1. The van der Waals surface area contributed by atoms with Crippen LogP contribution in [0.5, 0.6) is 0 Å². The molecule has 42 heavy (non-hydrogen) atoms. The summed E-state index contributed by atoms with van der Waals surface area (Å²) in [4.78, 5) is 55.7. The van der Waals surface area contributed by atoms with Crippen LogP contribution < -0.4 is 10.6 Å². The van der Waals surface area contributed by atoms with Gasteiger partial charge in [-0.2, -0.15) is 0 Å². The van der Waals surface area contributed by atoms with E-state index in [2.05, 4.69) is 26.2 Å². The molecule has 0 radical (unpaired) electrons. The summed E-state index contributed by atoms with van der Waals surface area (Å²) in [6.45, 7) is 7.23. The number of carboxylic acid groups (broad SMARTS) is 1. The molecule has 0 aromatic carbocycles. The maximum absolute atomic E-state index is 13.5. The van der Waals surface area contributed by atoms with E-state index in [9.17, 15) is 29.4 Å². The molecule has 0 bridgehead atoms. The zero-order valence-corrected chi connectivity index (χ0v) is 24.6. The standard InChI is InChI=1S/C27H38N8O6S/c1-14(5-17(37)9-34-13-30-31-32-34)20-21-15(2)23(22(26(40)41)35(21)25(20)39)42-18-6-19(29-7-18)24(38)33-8-16-3-4-28-10-27(16,11-33)12-36/h13-16,18-21,28-29,36H,3-12H2,1-2H3,(H,40,41)/t14-,15+,16?,18-,19-,20+,21+,27?/m0/s1. The molecule has 4 saturated heterocycles. The van der Waals surface area contributed by atoms with Gasteiger partial charge in [0.1, 0.15) is 18.6 Å². The third-order valence-corrected chi connectivity index (χ3v) is 11.5. The number of carbonyl (C=O) groups is 4. The van der Waals surface area contributed by atoms with Crippen LogP contribution in [0.2, 0.25) is 0 Å². The lowest BCUT2D eigenvalue weighted by Crippen LogP contribution is -2.62. The van der Waals surface area contributed by atoms with Gasteiger partial charge in [-0.3, -0.25) is 14.4 Å². The van der Waals surface area contributed by atoms with E-state index in [0.29, 0.717) is 37.5 Å². The molecule has 0 saturated carbocycles. The summed E-state index contributed by atoms with van der Waals surface area (Å²) in [7, 11) is 0. The molecule has 2 unspecified atom stereocenters. The number of tetrazole rings is 1. The zero-order chi connectivity index (χ0) is 29.8. The molecule has 228 valence electrons. The van der Waals surface area contributed by atoms with Crippen LogP contribution in [0.1, 0.15) is 33.1 Å². The summed E-state index contributed by atoms with van der Waals surface area (Å²) in [6.07, 6.45) is 3.02. The van der Waals surface area contributed by atoms with Crippen molar-refractivity contribution in [1.82, 2.24) is 40.6 Å². The van der Waals surface area contributed by atoms with E-state index in [-0.39, 0.29) is 83.4 Å². The molecule has 14 nitrogen and oxygen atoms in total. The van der Waals surface area contributed by atoms with Crippen molar-refractivity contribution in [2.24, 2.45) is 29.1 Å². The van der Waals surface area contributed by atoms with E-state index < -0.39 is 11.9 Å². The van der Waals surface area contributed by atoms with Crippen molar-refractivity contribution in [1.29, 1.82) is 0 Å². The highest BCUT2D eigenvalue weighted by atomic mass is 32.2. The predicted octanol–water partition coefficient (Wildman–Crippen LogP) is -1.06. The second-order valence-corrected chi connectivity index (χ2v) is 13.9. The van der Waals surface area contributed by atoms with Gasteiger partial charge in [0.15, 0.2) is 5.78 Å². The zero-order valence-electron chi connectivity index (χ0n) is 23.8. The summed E-state index contributed by atoms with van der Waals surface area (Å²) in [5.74, 6) is -2.09. The number of fused-ring (bicyclic) bond motifs is 2. The number of carbonyl (C=O) groups excluding carboxylic acids is 3. The first kappa shape index (κ1) is 29.2. The first-order valence-corrected chi connectivity index (χ1v) is 15.5. The summed E-state index contributed by atoms with van der Waals surface area (Å²) < 4.78 is 1.34. The number of β-lactam (4-membered cyclic amide) rings is 1. The summed E-state index contributed by atoms with van der Waals surface area (Å²) in [5.41, 5.74) is -0.255. The molecular formula is C27H38N8O6S. The number of aliphatic carboxylic acids is 1. The van der Waals surface area contributed by atoms with Gasteiger partial charge in [0, 0.05) is 54.1 Å². The Kier molecular flexibility index (Phi) is 7.87. The van der Waals surface area contributed by atoms with E-state index in [0.717, 1.165) is 13.0 Å². The number of hydrogen-bond donors (Lipinski definition) is 4. The van der Waals surface area contributed by atoms with E-state index in [1.54, 1.807) is 0 Å². The molecule has 6 rings (SSSR count). The Morgan fingerprint density at radius 1 is 1.31 bits per heavy atom. The Balaban J connectivity index is 1.09. The van der Waals surface area contributed by atoms with Crippen LogP contribution in [0.4, 0.5) is 0 Å². The van der Waals surface area contributed by atoms with Crippen molar-refractivity contribution in [3.63, 3.8) is 0 Å². The largest absolute Gasteiger partial charge is 0.477 e. The number of ketones is 1. The summed E-state index contributed by atoms with van der Waals surface area (Å²) >= 11 is 1.46. The number of nitrogens with zero attached hydrogens (tertiary/aromatic N) is 6. The molecule has 4 N–H and O–H groups in total. The number of Topliss-reactive ketones (excluding diaryl/α,β-unsaturated/α-hetero) is 1. The second-order valence-electron chi connectivity index (χ2n) is 12.6. The first-order valence-electron chi connectivity index (χ1n) is 14.7. The van der Waals surface area contributed by atoms with Gasteiger partial charge in [-0.05, 0) is 41.6 Å². The third kappa shape index (κ3) is 4.93. The van der Waals surface area contributed by atoms with Crippen LogP contribution >= 0.6 is 11.8 Å². The Morgan fingerprint density at radius 2 is 2.12 bits per heavy atom. The van der Waals surface area contributed by atoms with Crippen molar-refractivity contribution >= 4 is 35.3 Å². The van der Waals surface area contributed by atoms with Crippen LogP contribution in [0, 0.1) is 29.1 Å². The first-order chi connectivity index (χ1) is 20.1. The molecule has 5 aliphatic rings. The number of piperidine rings is 1. The van der Waals surface area contributed by atoms with Gasteiger partial charge in [0.25, 0.3) is 0 Å². The van der Waals surface area contributed by atoms with E-state index in [1.807, 2.05) is 18.7 Å². The van der Waals surface area contributed by atoms with E-state index in [4.69, 9.17) is 0 Å². The highest BCUT2D eigenvalue weighted by molar-refractivity contribution is 8.03. The number of carboxylic acids is 1. The quantitative estimate of drug-likeness (QED) is 0.239. The number of aliphatic hydroxyl groups is 1. The molecule has 1 aromatic heterocycles. The number of rotatable bonds is 10. The van der Waals surface area contributed by atoms with Gasteiger partial charge in [-0.1, -0.05) is 13.8 Å². The lowest BCUT2D eigenvalue weighted by atomic mass is 9.73. The maximum Gasteiger partial charge on any atom is 0.353 e. The smallest absolute Gasteiger partial charge is 0.353 e. The number of likely N-dealkylation sites (tertiary alicyclic amines) is 1. The van der Waals surface area contributed by atoms with E-state index >= 15 is 0 Å². The number of aliphatic hydroxyl groups excluding tert-OH is 1. The number of nitrogens with one attached hydrogen (secondary N) is 2. The molecule has 4 fully saturated rings.